The Balaban J connectivity index is 2.09. The van der Waals surface area contributed by atoms with Crippen LogP contribution in [0.5, 0.6) is 0 Å². The van der Waals surface area contributed by atoms with E-state index in [1.54, 1.807) is 11.8 Å². The van der Waals surface area contributed by atoms with Crippen LogP contribution in [0.25, 0.3) is 0 Å². The molecule has 1 unspecified atom stereocenters. The zero-order valence-electron chi connectivity index (χ0n) is 12.7. The minimum atomic E-state index is 0.317. The summed E-state index contributed by atoms with van der Waals surface area (Å²) in [5.41, 5.74) is 6.44. The lowest BCUT2D eigenvalue weighted by Crippen LogP contribution is -2.07. The van der Waals surface area contributed by atoms with Crippen LogP contribution in [-0.2, 0) is 0 Å². The molecule has 0 radical (unpaired) electrons. The number of nitrogens with one attached hydrogen (secondary N) is 1. The van der Waals surface area contributed by atoms with Crippen LogP contribution in [0.1, 0.15) is 28.2 Å². The van der Waals surface area contributed by atoms with Gasteiger partial charge in [0, 0.05) is 11.6 Å². The maximum atomic E-state index is 4.73. The van der Waals surface area contributed by atoms with Crippen molar-refractivity contribution >= 4 is 22.6 Å². The maximum Gasteiger partial charge on any atom is 0.160 e. The van der Waals surface area contributed by atoms with Crippen molar-refractivity contribution in [3.63, 3.8) is 0 Å². The SMILES string of the molecule is CSC1=NCC(c2ccc(C)cc2)c2cc(C)ccc2N1. The van der Waals surface area contributed by atoms with E-state index in [0.29, 0.717) is 5.92 Å². The first-order valence-corrected chi connectivity index (χ1v) is 8.42. The number of fused-ring (bicyclic) bond motifs is 1. The van der Waals surface area contributed by atoms with Gasteiger partial charge in [-0.1, -0.05) is 59.3 Å². The van der Waals surface area contributed by atoms with Crippen LogP contribution >= 0.6 is 11.8 Å². The Morgan fingerprint density at radius 2 is 1.76 bits per heavy atom. The summed E-state index contributed by atoms with van der Waals surface area (Å²) in [6, 6.07) is 15.4. The molecule has 2 aromatic carbocycles. The molecular weight excluding hydrogens is 276 g/mol. The second-order valence-corrected chi connectivity index (χ2v) is 6.32. The van der Waals surface area contributed by atoms with Crippen LogP contribution in [0.3, 0.4) is 0 Å². The first-order valence-electron chi connectivity index (χ1n) is 7.20. The number of hydrogen-bond donors (Lipinski definition) is 1. The summed E-state index contributed by atoms with van der Waals surface area (Å²) >= 11 is 1.67. The molecule has 0 saturated heterocycles. The fourth-order valence-corrected chi connectivity index (χ4v) is 3.13. The highest BCUT2D eigenvalue weighted by atomic mass is 32.2. The van der Waals surface area contributed by atoms with E-state index >= 15 is 0 Å². The molecule has 1 heterocycles. The molecule has 0 bridgehead atoms. The van der Waals surface area contributed by atoms with Crippen molar-refractivity contribution in [1.29, 1.82) is 0 Å². The smallest absolute Gasteiger partial charge is 0.160 e. The Labute approximate surface area is 130 Å². The van der Waals surface area contributed by atoms with Crippen LogP contribution < -0.4 is 5.32 Å². The lowest BCUT2D eigenvalue weighted by molar-refractivity contribution is 0.829. The van der Waals surface area contributed by atoms with E-state index in [2.05, 4.69) is 67.9 Å². The molecule has 21 heavy (non-hydrogen) atoms. The van der Waals surface area contributed by atoms with Crippen molar-refractivity contribution in [2.24, 2.45) is 4.99 Å². The molecule has 1 aliphatic heterocycles. The predicted molar refractivity (Wildman–Crippen MR) is 93.6 cm³/mol. The summed E-state index contributed by atoms with van der Waals surface area (Å²) in [6.45, 7) is 5.07. The fourth-order valence-electron chi connectivity index (χ4n) is 2.71. The lowest BCUT2D eigenvalue weighted by Gasteiger charge is -2.18. The number of anilines is 1. The molecule has 2 nitrogen and oxygen atoms in total. The minimum absolute atomic E-state index is 0.317. The number of benzene rings is 2. The number of amidine groups is 1. The van der Waals surface area contributed by atoms with Crippen molar-refractivity contribution in [2.45, 2.75) is 19.8 Å². The monoisotopic (exact) mass is 296 g/mol. The van der Waals surface area contributed by atoms with Gasteiger partial charge in [0.15, 0.2) is 5.17 Å². The van der Waals surface area contributed by atoms with E-state index in [1.165, 1.54) is 27.9 Å². The van der Waals surface area contributed by atoms with Crippen molar-refractivity contribution in [3.05, 3.63) is 64.7 Å². The number of hydrogen-bond acceptors (Lipinski definition) is 3. The third-order valence-electron chi connectivity index (χ3n) is 3.91. The first kappa shape index (κ1) is 14.2. The van der Waals surface area contributed by atoms with Gasteiger partial charge in [-0.15, -0.1) is 0 Å². The Morgan fingerprint density at radius 1 is 1.05 bits per heavy atom. The Morgan fingerprint density at radius 3 is 2.48 bits per heavy atom. The van der Waals surface area contributed by atoms with Gasteiger partial charge in [0.25, 0.3) is 0 Å². The molecule has 0 saturated carbocycles. The average Bonchev–Trinajstić information content (AvgIpc) is 2.67. The zero-order valence-corrected chi connectivity index (χ0v) is 13.5. The Hall–Kier alpha value is -1.74. The molecule has 0 amide bonds. The van der Waals surface area contributed by atoms with E-state index in [4.69, 9.17) is 4.99 Å². The molecular formula is C18H20N2S. The van der Waals surface area contributed by atoms with Gasteiger partial charge >= 0.3 is 0 Å². The van der Waals surface area contributed by atoms with Gasteiger partial charge in [-0.25, -0.2) is 0 Å². The maximum absolute atomic E-state index is 4.73. The minimum Gasteiger partial charge on any atom is -0.335 e. The standard InChI is InChI=1S/C18H20N2S/c1-12-4-7-14(8-5-12)16-11-19-18(21-3)20-17-9-6-13(2)10-15(16)17/h4-10,16H,11H2,1-3H3,(H,19,20). The third-order valence-corrected chi connectivity index (χ3v) is 4.53. The molecule has 2 aromatic rings. The summed E-state index contributed by atoms with van der Waals surface area (Å²) in [5, 5.41) is 4.46. The second-order valence-electron chi connectivity index (χ2n) is 5.53. The normalized spacial score (nSPS) is 17.5. The van der Waals surface area contributed by atoms with Gasteiger partial charge in [0.05, 0.1) is 6.54 Å². The third kappa shape index (κ3) is 2.98. The van der Waals surface area contributed by atoms with Crippen molar-refractivity contribution in [1.82, 2.24) is 0 Å². The summed E-state index contributed by atoms with van der Waals surface area (Å²) in [6.07, 6.45) is 2.06. The summed E-state index contributed by atoms with van der Waals surface area (Å²) in [4.78, 5) is 4.73. The number of nitrogens with zero attached hydrogens (tertiary/aromatic N) is 1. The molecule has 108 valence electrons. The van der Waals surface area contributed by atoms with Crippen LogP contribution in [0.15, 0.2) is 47.5 Å². The lowest BCUT2D eigenvalue weighted by atomic mass is 9.89. The van der Waals surface area contributed by atoms with E-state index in [9.17, 15) is 0 Å². The van der Waals surface area contributed by atoms with Crippen molar-refractivity contribution < 1.29 is 0 Å². The predicted octanol–water partition coefficient (Wildman–Crippen LogP) is 4.58. The summed E-state index contributed by atoms with van der Waals surface area (Å²) < 4.78 is 0. The molecule has 1 N–H and O–H groups in total. The highest BCUT2D eigenvalue weighted by Gasteiger charge is 2.21. The number of rotatable bonds is 1. The number of aliphatic imine (C=N–C) groups is 1. The molecule has 0 aliphatic carbocycles. The molecule has 1 atom stereocenters. The summed E-state index contributed by atoms with van der Waals surface area (Å²) in [7, 11) is 0. The topological polar surface area (TPSA) is 24.4 Å². The van der Waals surface area contributed by atoms with E-state index < -0.39 is 0 Å². The Kier molecular flexibility index (Phi) is 4.02. The molecule has 0 spiro atoms. The fraction of sp³-hybridized carbons (Fsp3) is 0.278. The first-order chi connectivity index (χ1) is 10.2. The molecule has 3 rings (SSSR count). The van der Waals surface area contributed by atoms with Gasteiger partial charge in [-0.3, -0.25) is 4.99 Å². The summed E-state index contributed by atoms with van der Waals surface area (Å²) in [5.74, 6) is 0.317. The number of thioether (sulfide) groups is 1. The van der Waals surface area contributed by atoms with E-state index in [1.807, 2.05) is 0 Å². The molecule has 0 aromatic heterocycles. The van der Waals surface area contributed by atoms with E-state index in [0.717, 1.165) is 11.7 Å². The molecule has 1 aliphatic rings. The molecule has 0 fully saturated rings. The van der Waals surface area contributed by atoms with E-state index in [-0.39, 0.29) is 0 Å². The van der Waals surface area contributed by atoms with Crippen LogP contribution in [0, 0.1) is 13.8 Å². The Bertz CT molecular complexity index is 674. The van der Waals surface area contributed by atoms with Crippen LogP contribution in [-0.4, -0.2) is 18.0 Å². The highest BCUT2D eigenvalue weighted by molar-refractivity contribution is 8.13. The van der Waals surface area contributed by atoms with Gasteiger partial charge in [0.2, 0.25) is 0 Å². The second kappa shape index (κ2) is 5.94. The van der Waals surface area contributed by atoms with Gasteiger partial charge in [-0.05, 0) is 37.3 Å². The zero-order chi connectivity index (χ0) is 14.8. The van der Waals surface area contributed by atoms with Crippen molar-refractivity contribution in [2.75, 3.05) is 18.1 Å². The van der Waals surface area contributed by atoms with Crippen molar-refractivity contribution in [3.8, 4) is 0 Å². The van der Waals surface area contributed by atoms with Crippen LogP contribution in [0.2, 0.25) is 0 Å². The van der Waals surface area contributed by atoms with Gasteiger partial charge < -0.3 is 5.32 Å². The molecule has 3 heteroatoms. The van der Waals surface area contributed by atoms with Gasteiger partial charge in [0.1, 0.15) is 0 Å². The van der Waals surface area contributed by atoms with Gasteiger partial charge in [-0.2, -0.15) is 0 Å². The highest BCUT2D eigenvalue weighted by Crippen LogP contribution is 2.34. The average molecular weight is 296 g/mol. The van der Waals surface area contributed by atoms with Crippen LogP contribution in [0.4, 0.5) is 5.69 Å². The number of aryl methyl sites for hydroxylation is 2. The quantitative estimate of drug-likeness (QED) is 0.833. The largest absolute Gasteiger partial charge is 0.335 e.